The second-order valence-electron chi connectivity index (χ2n) is 7.79. The average molecular weight is 556 g/mol. The van der Waals surface area contributed by atoms with Crippen LogP contribution in [0.25, 0.3) is 0 Å². The van der Waals surface area contributed by atoms with E-state index in [4.69, 9.17) is 9.47 Å². The first-order valence-corrected chi connectivity index (χ1v) is 13.7. The fourth-order valence-corrected chi connectivity index (χ4v) is 2.95. The second-order valence-corrected chi connectivity index (χ2v) is 7.79. The fourth-order valence-electron chi connectivity index (χ4n) is 2.95. The molecule has 4 nitrogen and oxygen atoms in total. The highest BCUT2D eigenvalue weighted by Gasteiger charge is 2.31. The smallest absolute Gasteiger partial charge is 0.491 e. The molecule has 0 atom stereocenters. The summed E-state index contributed by atoms with van der Waals surface area (Å²) < 4.78 is 51.8. The summed E-state index contributed by atoms with van der Waals surface area (Å²) in [5.74, 6) is 0.802. The third-order valence-corrected chi connectivity index (χ3v) is 4.40. The van der Waals surface area contributed by atoms with Gasteiger partial charge in [-0.3, -0.25) is 0 Å². The van der Waals surface area contributed by atoms with Crippen LogP contribution in [0.2, 0.25) is 0 Å². The van der Waals surface area contributed by atoms with Gasteiger partial charge in [0.05, 0.1) is 0 Å². The summed E-state index contributed by atoms with van der Waals surface area (Å²) in [5.41, 5.74) is 2.08. The van der Waals surface area contributed by atoms with Crippen molar-refractivity contribution in [3.63, 3.8) is 0 Å². The van der Waals surface area contributed by atoms with E-state index in [0.29, 0.717) is 12.4 Å². The molecule has 2 rings (SSSR count). The molecule has 1 fully saturated rings. The molecule has 0 unspecified atom stereocenters. The van der Waals surface area contributed by atoms with E-state index in [9.17, 15) is 13.2 Å². The van der Waals surface area contributed by atoms with Crippen LogP contribution >= 0.6 is 0 Å². The monoisotopic (exact) mass is 555 g/mol. The first-order chi connectivity index (χ1) is 18.6. The predicted octanol–water partition coefficient (Wildman–Crippen LogP) is 10.4. The van der Waals surface area contributed by atoms with Crippen LogP contribution < -0.4 is 9.64 Å². The van der Waals surface area contributed by atoms with Crippen molar-refractivity contribution in [1.29, 1.82) is 0 Å². The summed E-state index contributed by atoms with van der Waals surface area (Å²) >= 11 is 0. The standard InChI is InChI=1S/C23H28F3NO3.C3H8.2C2H6.C2H4/c1-5-20(9-6-18(4)30-23(24,25)26)29-22-12-14-27(15-13-22)19-7-10-21(11-8-19)28-16-17(2)3;1-3-2;3*1-2/h5-11,22H,2,4,12-16H2,1,3H3;3H2,1-2H3;2*1-2H3;1-2H2/b9-6-,20-5+;;;;. The highest BCUT2D eigenvalue weighted by molar-refractivity contribution is 5.49. The van der Waals surface area contributed by atoms with Crippen LogP contribution in [0, 0.1) is 0 Å². The number of hydrogen-bond donors (Lipinski definition) is 0. The highest BCUT2D eigenvalue weighted by atomic mass is 19.4. The quantitative estimate of drug-likeness (QED) is 0.172. The molecule has 7 heteroatoms. The maximum absolute atomic E-state index is 12.2. The summed E-state index contributed by atoms with van der Waals surface area (Å²) in [7, 11) is 0. The lowest BCUT2D eigenvalue weighted by Gasteiger charge is -2.34. The molecule has 224 valence electrons. The SMILES string of the molecule is C=C.C=C(C)COc1ccc(N2CCC(OC(/C=C\C(=C)OC(F)(F)F)=C/C)CC2)cc1.CC.CC.CCC. The molecule has 0 spiro atoms. The number of piperidine rings is 1. The zero-order valence-electron chi connectivity index (χ0n) is 25.5. The Labute approximate surface area is 236 Å². The fraction of sp³-hybridized carbons (Fsp3) is 0.500. The van der Waals surface area contributed by atoms with Gasteiger partial charge < -0.3 is 19.1 Å². The molecule has 1 heterocycles. The van der Waals surface area contributed by atoms with Gasteiger partial charge >= 0.3 is 6.36 Å². The van der Waals surface area contributed by atoms with Gasteiger partial charge in [0.25, 0.3) is 0 Å². The van der Waals surface area contributed by atoms with Gasteiger partial charge in [0.2, 0.25) is 0 Å². The molecule has 1 aliphatic heterocycles. The first kappa shape index (κ1) is 40.4. The topological polar surface area (TPSA) is 30.9 Å². The maximum Gasteiger partial charge on any atom is 0.573 e. The summed E-state index contributed by atoms with van der Waals surface area (Å²) in [4.78, 5) is 2.27. The molecule has 0 saturated carbocycles. The van der Waals surface area contributed by atoms with E-state index in [2.05, 4.69) is 49.8 Å². The number of allylic oxidation sites excluding steroid dienone is 3. The molecule has 0 bridgehead atoms. The van der Waals surface area contributed by atoms with Crippen LogP contribution in [0.1, 0.15) is 74.7 Å². The molecule has 1 aliphatic rings. The number of hydrogen-bond acceptors (Lipinski definition) is 4. The second kappa shape index (κ2) is 25.2. The number of benzene rings is 1. The van der Waals surface area contributed by atoms with Crippen LogP contribution in [-0.2, 0) is 9.47 Å². The molecule has 0 amide bonds. The minimum absolute atomic E-state index is 0.00734. The minimum atomic E-state index is -4.75. The molecular formula is C32H52F3NO3. The van der Waals surface area contributed by atoms with Crippen molar-refractivity contribution in [3.8, 4) is 5.75 Å². The molecule has 0 aromatic heterocycles. The third-order valence-electron chi connectivity index (χ3n) is 4.40. The Kier molecular flexibility index (Phi) is 26.1. The summed E-state index contributed by atoms with van der Waals surface area (Å²) in [6.45, 7) is 31.1. The van der Waals surface area contributed by atoms with Crippen molar-refractivity contribution < 1.29 is 27.4 Å². The lowest BCUT2D eigenvalue weighted by atomic mass is 10.1. The summed E-state index contributed by atoms with van der Waals surface area (Å²) in [5, 5.41) is 0. The Bertz CT molecular complexity index is 807. The minimum Gasteiger partial charge on any atom is -0.491 e. The molecule has 0 aliphatic carbocycles. The van der Waals surface area contributed by atoms with Gasteiger partial charge in [-0.1, -0.05) is 61.1 Å². The van der Waals surface area contributed by atoms with Gasteiger partial charge in [-0.05, 0) is 61.9 Å². The van der Waals surface area contributed by atoms with Crippen molar-refractivity contribution >= 4 is 5.69 Å². The molecular weight excluding hydrogens is 503 g/mol. The number of alkyl halides is 3. The van der Waals surface area contributed by atoms with Crippen molar-refractivity contribution in [1.82, 2.24) is 0 Å². The highest BCUT2D eigenvalue weighted by Crippen LogP contribution is 2.26. The molecule has 0 N–H and O–H groups in total. The van der Waals surface area contributed by atoms with Crippen molar-refractivity contribution in [3.05, 3.63) is 85.9 Å². The molecule has 1 saturated heterocycles. The average Bonchev–Trinajstić information content (AvgIpc) is 2.93. The molecule has 0 radical (unpaired) electrons. The lowest BCUT2D eigenvalue weighted by Crippen LogP contribution is -2.36. The normalized spacial score (nSPS) is 13.1. The van der Waals surface area contributed by atoms with E-state index in [1.165, 1.54) is 12.5 Å². The van der Waals surface area contributed by atoms with Crippen LogP contribution in [0.15, 0.2) is 85.9 Å². The Morgan fingerprint density at radius 2 is 1.46 bits per heavy atom. The van der Waals surface area contributed by atoms with Crippen LogP contribution in [0.4, 0.5) is 18.9 Å². The van der Waals surface area contributed by atoms with E-state index < -0.39 is 12.1 Å². The van der Waals surface area contributed by atoms with Gasteiger partial charge in [-0.2, -0.15) is 0 Å². The number of ether oxygens (including phenoxy) is 3. The van der Waals surface area contributed by atoms with E-state index in [0.717, 1.165) is 49.0 Å². The summed E-state index contributed by atoms with van der Waals surface area (Å²) in [6, 6.07) is 7.95. The number of halogens is 3. The van der Waals surface area contributed by atoms with E-state index in [1.54, 1.807) is 13.0 Å². The van der Waals surface area contributed by atoms with Crippen LogP contribution in [-0.4, -0.2) is 32.2 Å². The van der Waals surface area contributed by atoms with E-state index in [-0.39, 0.29) is 6.10 Å². The third kappa shape index (κ3) is 21.5. The number of rotatable bonds is 9. The van der Waals surface area contributed by atoms with Gasteiger partial charge in [0.15, 0.2) is 0 Å². The van der Waals surface area contributed by atoms with Crippen molar-refractivity contribution in [2.24, 2.45) is 0 Å². The first-order valence-electron chi connectivity index (χ1n) is 13.7. The van der Waals surface area contributed by atoms with E-state index >= 15 is 0 Å². The zero-order valence-corrected chi connectivity index (χ0v) is 25.5. The zero-order chi connectivity index (χ0) is 30.9. The Hall–Kier alpha value is -3.09. The Morgan fingerprint density at radius 3 is 1.87 bits per heavy atom. The molecule has 39 heavy (non-hydrogen) atoms. The largest absolute Gasteiger partial charge is 0.573 e. The van der Waals surface area contributed by atoms with Gasteiger partial charge in [0, 0.05) is 31.6 Å². The number of nitrogens with zero attached hydrogens (tertiary/aromatic N) is 1. The van der Waals surface area contributed by atoms with E-state index in [1.807, 2.05) is 58.9 Å². The van der Waals surface area contributed by atoms with Crippen molar-refractivity contribution in [2.45, 2.75) is 87.1 Å². The van der Waals surface area contributed by atoms with Crippen LogP contribution in [0.5, 0.6) is 5.75 Å². The number of anilines is 1. The predicted molar refractivity (Wildman–Crippen MR) is 162 cm³/mol. The molecule has 1 aromatic carbocycles. The van der Waals surface area contributed by atoms with Crippen molar-refractivity contribution in [2.75, 3.05) is 24.6 Å². The van der Waals surface area contributed by atoms with Gasteiger partial charge in [-0.15, -0.1) is 26.3 Å². The Balaban J connectivity index is -0.00000129. The Morgan fingerprint density at radius 1 is 0.974 bits per heavy atom. The molecule has 1 aromatic rings. The van der Waals surface area contributed by atoms with Crippen LogP contribution in [0.3, 0.4) is 0 Å². The van der Waals surface area contributed by atoms with Gasteiger partial charge in [0.1, 0.15) is 30.0 Å². The summed E-state index contributed by atoms with van der Waals surface area (Å²) in [6.07, 6.45) is 2.39. The lowest BCUT2D eigenvalue weighted by molar-refractivity contribution is -0.303. The van der Waals surface area contributed by atoms with Gasteiger partial charge in [-0.25, -0.2) is 0 Å². The maximum atomic E-state index is 12.2.